The molecular formula is C8H8CaO. The van der Waals surface area contributed by atoms with Gasteiger partial charge in [-0.1, -0.05) is 18.2 Å². The molecular weight excluding hydrogens is 152 g/mol. The Morgan fingerprint density at radius 1 is 1.00 bits per heavy atom. The predicted molar refractivity (Wildman–Crippen MR) is 44.8 cm³/mol. The molecule has 1 aromatic heterocycles. The zero-order chi connectivity index (χ0) is 6.10. The van der Waals surface area contributed by atoms with Gasteiger partial charge in [-0.3, -0.25) is 0 Å². The molecule has 0 N–H and O–H groups in total. The molecule has 2 rings (SSSR count). The Bertz CT molecular complexity index is 283. The Hall–Kier alpha value is 0.0197. The molecule has 0 fully saturated rings. The van der Waals surface area contributed by atoms with Gasteiger partial charge in [-0.05, 0) is 12.1 Å². The van der Waals surface area contributed by atoms with E-state index in [-0.39, 0.29) is 37.7 Å². The van der Waals surface area contributed by atoms with Crippen LogP contribution in [0.1, 0.15) is 0 Å². The molecule has 10 heavy (non-hydrogen) atoms. The number of benzene rings is 1. The third-order valence-corrected chi connectivity index (χ3v) is 1.36. The fraction of sp³-hybridized carbons (Fsp3) is 0. The summed E-state index contributed by atoms with van der Waals surface area (Å²) in [5.74, 6) is 0. The topological polar surface area (TPSA) is 13.1 Å². The number of para-hydroxylation sites is 1. The summed E-state index contributed by atoms with van der Waals surface area (Å²) in [5, 5.41) is 1.16. The van der Waals surface area contributed by atoms with Crippen molar-refractivity contribution in [1.29, 1.82) is 0 Å². The first kappa shape index (κ1) is 8.12. The number of hydrogen-bond donors (Lipinski definition) is 0. The molecule has 0 bridgehead atoms. The summed E-state index contributed by atoms with van der Waals surface area (Å²) in [6.45, 7) is 0. The molecule has 0 radical (unpaired) electrons. The number of fused-ring (bicyclic) bond motifs is 1. The normalized spacial score (nSPS) is 9.20. The molecule has 0 spiro atoms. The van der Waals surface area contributed by atoms with Gasteiger partial charge in [-0.2, -0.15) is 0 Å². The number of hydrogen-bond acceptors (Lipinski definition) is 1. The Morgan fingerprint density at radius 3 is 2.60 bits per heavy atom. The van der Waals surface area contributed by atoms with E-state index in [1.54, 1.807) is 6.26 Å². The summed E-state index contributed by atoms with van der Waals surface area (Å²) in [6.07, 6.45) is 1.70. The van der Waals surface area contributed by atoms with Crippen LogP contribution >= 0.6 is 0 Å². The molecule has 0 aliphatic heterocycles. The average molecular weight is 160 g/mol. The smallest absolute Gasteiger partial charge is 0.133 e. The summed E-state index contributed by atoms with van der Waals surface area (Å²) >= 11 is 0. The Balaban J connectivity index is 0.000000500. The molecule has 1 nitrogen and oxygen atoms in total. The monoisotopic (exact) mass is 160 g/mol. The van der Waals surface area contributed by atoms with Crippen molar-refractivity contribution in [1.82, 2.24) is 0 Å². The SMILES string of the molecule is [CaH2].c1ccc2occc2c1. The van der Waals surface area contributed by atoms with Crippen LogP contribution in [0.2, 0.25) is 0 Å². The van der Waals surface area contributed by atoms with Gasteiger partial charge >= 0.3 is 37.7 Å². The maximum Gasteiger partial charge on any atom is 0.133 e. The molecule has 0 saturated heterocycles. The van der Waals surface area contributed by atoms with Gasteiger partial charge in [0.25, 0.3) is 0 Å². The van der Waals surface area contributed by atoms with E-state index >= 15 is 0 Å². The van der Waals surface area contributed by atoms with Gasteiger partial charge in [0.2, 0.25) is 0 Å². The van der Waals surface area contributed by atoms with Gasteiger partial charge < -0.3 is 4.42 Å². The van der Waals surface area contributed by atoms with Crippen molar-refractivity contribution in [3.63, 3.8) is 0 Å². The Kier molecular flexibility index (Phi) is 2.78. The second-order valence-corrected chi connectivity index (χ2v) is 1.96. The summed E-state index contributed by atoms with van der Waals surface area (Å²) < 4.78 is 5.12. The van der Waals surface area contributed by atoms with Gasteiger partial charge in [0.1, 0.15) is 5.58 Å². The third-order valence-electron chi connectivity index (χ3n) is 1.36. The van der Waals surface area contributed by atoms with Crippen LogP contribution in [0.3, 0.4) is 0 Å². The van der Waals surface area contributed by atoms with Gasteiger partial charge in [0.15, 0.2) is 0 Å². The molecule has 2 heteroatoms. The minimum atomic E-state index is 0. The molecule has 48 valence electrons. The van der Waals surface area contributed by atoms with Crippen molar-refractivity contribution in [2.75, 3.05) is 0 Å². The molecule has 1 heterocycles. The zero-order valence-corrected chi connectivity index (χ0v) is 4.87. The van der Waals surface area contributed by atoms with E-state index in [1.807, 2.05) is 30.3 Å². The van der Waals surface area contributed by atoms with Crippen LogP contribution in [0.5, 0.6) is 0 Å². The van der Waals surface area contributed by atoms with Gasteiger partial charge in [0.05, 0.1) is 6.26 Å². The van der Waals surface area contributed by atoms with Gasteiger partial charge in [-0.15, -0.1) is 0 Å². The molecule has 2 aromatic rings. The summed E-state index contributed by atoms with van der Waals surface area (Å²) in [7, 11) is 0. The second kappa shape index (κ2) is 3.42. The van der Waals surface area contributed by atoms with Crippen molar-refractivity contribution in [2.24, 2.45) is 0 Å². The first-order valence-corrected chi connectivity index (χ1v) is 2.89. The van der Waals surface area contributed by atoms with E-state index in [9.17, 15) is 0 Å². The maximum absolute atomic E-state index is 5.12. The van der Waals surface area contributed by atoms with Crippen molar-refractivity contribution in [3.8, 4) is 0 Å². The van der Waals surface area contributed by atoms with Crippen LogP contribution in [-0.2, 0) is 0 Å². The Labute approximate surface area is 89.0 Å². The summed E-state index contributed by atoms with van der Waals surface area (Å²) in [5.41, 5.74) is 0.956. The van der Waals surface area contributed by atoms with Crippen molar-refractivity contribution < 1.29 is 4.42 Å². The van der Waals surface area contributed by atoms with E-state index in [1.165, 1.54) is 0 Å². The molecule has 0 atom stereocenters. The van der Waals surface area contributed by atoms with E-state index in [4.69, 9.17) is 4.42 Å². The maximum atomic E-state index is 5.12. The van der Waals surface area contributed by atoms with Crippen LogP contribution in [0.15, 0.2) is 41.0 Å². The molecule has 1 aromatic carbocycles. The summed E-state index contributed by atoms with van der Waals surface area (Å²) in [4.78, 5) is 0. The number of rotatable bonds is 0. The molecule has 0 saturated carbocycles. The summed E-state index contributed by atoms with van der Waals surface area (Å²) in [6, 6.07) is 9.90. The first-order chi connectivity index (χ1) is 4.47. The molecule has 0 amide bonds. The van der Waals surface area contributed by atoms with Crippen molar-refractivity contribution in [2.45, 2.75) is 0 Å². The van der Waals surface area contributed by atoms with Gasteiger partial charge in [0, 0.05) is 5.39 Å². The fourth-order valence-corrected chi connectivity index (χ4v) is 0.906. The van der Waals surface area contributed by atoms with Crippen molar-refractivity contribution >= 4 is 48.7 Å². The largest absolute Gasteiger partial charge is 0.464 e. The molecule has 0 aliphatic carbocycles. The zero-order valence-electron chi connectivity index (χ0n) is 4.87. The second-order valence-electron chi connectivity index (χ2n) is 1.96. The van der Waals surface area contributed by atoms with E-state index in [0.29, 0.717) is 0 Å². The van der Waals surface area contributed by atoms with Crippen LogP contribution in [0, 0.1) is 0 Å². The van der Waals surface area contributed by atoms with E-state index in [0.717, 1.165) is 11.0 Å². The van der Waals surface area contributed by atoms with E-state index in [2.05, 4.69) is 0 Å². The van der Waals surface area contributed by atoms with Crippen LogP contribution in [0.4, 0.5) is 0 Å². The average Bonchev–Trinajstić information content (AvgIpc) is 2.33. The van der Waals surface area contributed by atoms with Crippen molar-refractivity contribution in [3.05, 3.63) is 36.6 Å². The standard InChI is InChI=1S/C8H6O.Ca.2H/c1-2-4-8-7(3-1)5-6-9-8;;;/h1-6H;;;. The fourth-order valence-electron chi connectivity index (χ4n) is 0.906. The minimum absolute atomic E-state index is 0. The van der Waals surface area contributed by atoms with Crippen LogP contribution in [-0.4, -0.2) is 37.7 Å². The Morgan fingerprint density at radius 2 is 1.80 bits per heavy atom. The van der Waals surface area contributed by atoms with Crippen LogP contribution < -0.4 is 0 Å². The first-order valence-electron chi connectivity index (χ1n) is 2.89. The third kappa shape index (κ3) is 1.36. The van der Waals surface area contributed by atoms with Gasteiger partial charge in [-0.25, -0.2) is 0 Å². The number of furan rings is 1. The molecule has 0 unspecified atom stereocenters. The molecule has 0 aliphatic rings. The van der Waals surface area contributed by atoms with E-state index < -0.39 is 0 Å². The minimum Gasteiger partial charge on any atom is -0.464 e. The van der Waals surface area contributed by atoms with Crippen LogP contribution in [0.25, 0.3) is 11.0 Å². The predicted octanol–water partition coefficient (Wildman–Crippen LogP) is 1.52. The quantitative estimate of drug-likeness (QED) is 0.532.